The van der Waals surface area contributed by atoms with Gasteiger partial charge in [-0.05, 0) is 24.3 Å². The molecule has 15 atom stereocenters. The largest absolute Gasteiger partial charge is 0.508 e. The van der Waals surface area contributed by atoms with E-state index in [1.165, 1.54) is 36.4 Å². The quantitative estimate of drug-likeness (QED) is 0.0876. The van der Waals surface area contributed by atoms with Gasteiger partial charge >= 0.3 is 11.3 Å². The third-order valence-corrected chi connectivity index (χ3v) is 9.24. The zero-order valence-electron chi connectivity index (χ0n) is 27.5. The van der Waals surface area contributed by atoms with Gasteiger partial charge in [-0.3, -0.25) is 0 Å². The number of phenolic OH excluding ortho intramolecular Hbond substituents is 2. The number of benzene rings is 2. The van der Waals surface area contributed by atoms with Crippen LogP contribution in [0.25, 0.3) is 22.3 Å². The molecule has 3 saturated heterocycles. The number of hydrogen-bond acceptors (Lipinski definition) is 19. The van der Waals surface area contributed by atoms with E-state index in [1.807, 2.05) is 0 Å². The van der Waals surface area contributed by atoms with Gasteiger partial charge in [0.1, 0.15) is 89.8 Å². The molecular formula is C33H41O20+. The van der Waals surface area contributed by atoms with Crippen LogP contribution < -0.4 is 9.47 Å². The second-order valence-corrected chi connectivity index (χ2v) is 12.8. The number of aromatic hydroxyl groups is 2. The smallest absolute Gasteiger partial charge is 0.402 e. The highest BCUT2D eigenvalue weighted by molar-refractivity contribution is 5.88. The predicted molar refractivity (Wildman–Crippen MR) is 171 cm³/mol. The van der Waals surface area contributed by atoms with Gasteiger partial charge in [0.05, 0.1) is 31.5 Å². The first-order valence-electron chi connectivity index (χ1n) is 16.4. The first-order valence-corrected chi connectivity index (χ1v) is 16.4. The van der Waals surface area contributed by atoms with E-state index in [0.717, 1.165) is 6.07 Å². The molecule has 0 spiro atoms. The van der Waals surface area contributed by atoms with Crippen LogP contribution in [0.2, 0.25) is 0 Å². The number of rotatable bonds is 10. The summed E-state index contributed by atoms with van der Waals surface area (Å²) in [4.78, 5) is 0. The van der Waals surface area contributed by atoms with E-state index in [2.05, 4.69) is 0 Å². The van der Waals surface area contributed by atoms with Crippen molar-refractivity contribution in [3.8, 4) is 34.3 Å². The van der Waals surface area contributed by atoms with E-state index in [-0.39, 0.29) is 39.5 Å². The molecule has 0 radical (unpaired) electrons. The average Bonchev–Trinajstić information content (AvgIpc) is 3.15. The molecule has 20 nitrogen and oxygen atoms in total. The van der Waals surface area contributed by atoms with Gasteiger partial charge in [0.15, 0.2) is 12.4 Å². The maximum Gasteiger partial charge on any atom is 0.402 e. The van der Waals surface area contributed by atoms with Crippen LogP contribution in [0, 0.1) is 0 Å². The number of phenols is 2. The van der Waals surface area contributed by atoms with Gasteiger partial charge in [0.2, 0.25) is 18.3 Å². The predicted octanol–water partition coefficient (Wildman–Crippen LogP) is -4.03. The maximum atomic E-state index is 11.1. The Labute approximate surface area is 299 Å². The highest BCUT2D eigenvalue weighted by Gasteiger charge is 2.52. The van der Waals surface area contributed by atoms with Crippen molar-refractivity contribution in [3.05, 3.63) is 42.5 Å². The first kappa shape index (κ1) is 39.2. The topological polar surface area (TPSA) is 330 Å². The second-order valence-electron chi connectivity index (χ2n) is 12.8. The summed E-state index contributed by atoms with van der Waals surface area (Å²) in [6.07, 6.45) is -25.4. The molecule has 3 aliphatic heterocycles. The lowest BCUT2D eigenvalue weighted by atomic mass is 9.97. The van der Waals surface area contributed by atoms with Gasteiger partial charge in [-0.1, -0.05) is 0 Å². The van der Waals surface area contributed by atoms with Crippen molar-refractivity contribution < 1.29 is 99.2 Å². The molecule has 53 heavy (non-hydrogen) atoms. The Morgan fingerprint density at radius 1 is 0.566 bits per heavy atom. The summed E-state index contributed by atoms with van der Waals surface area (Å²) in [6, 6.07) is 9.13. The Morgan fingerprint density at radius 2 is 1.09 bits per heavy atom. The van der Waals surface area contributed by atoms with E-state index in [4.69, 9.17) is 32.8 Å². The van der Waals surface area contributed by atoms with E-state index in [9.17, 15) is 66.4 Å². The molecule has 292 valence electrons. The van der Waals surface area contributed by atoms with Gasteiger partial charge in [0.25, 0.3) is 0 Å². The Kier molecular flexibility index (Phi) is 11.9. The van der Waals surface area contributed by atoms with Crippen LogP contribution in [0.15, 0.2) is 46.9 Å². The van der Waals surface area contributed by atoms with Crippen molar-refractivity contribution in [2.24, 2.45) is 0 Å². The van der Waals surface area contributed by atoms with Gasteiger partial charge in [-0.25, -0.2) is 4.42 Å². The number of ether oxygens (including phenoxy) is 6. The van der Waals surface area contributed by atoms with E-state index >= 15 is 0 Å². The fraction of sp³-hybridized carbons (Fsp3) is 0.545. The van der Waals surface area contributed by atoms with Crippen molar-refractivity contribution in [2.45, 2.75) is 92.1 Å². The Morgan fingerprint density at radius 3 is 1.68 bits per heavy atom. The summed E-state index contributed by atoms with van der Waals surface area (Å²) < 4.78 is 40.2. The molecular weight excluding hydrogens is 716 g/mol. The normalized spacial score (nSPS) is 37.8. The molecule has 0 saturated carbocycles. The molecule has 20 heteroatoms. The molecule has 6 rings (SSSR count). The van der Waals surface area contributed by atoms with Crippen LogP contribution in [0.4, 0.5) is 0 Å². The van der Waals surface area contributed by atoms with Crippen LogP contribution in [0.3, 0.4) is 0 Å². The Balaban J connectivity index is 1.37. The van der Waals surface area contributed by atoms with E-state index in [1.54, 1.807) is 0 Å². The summed E-state index contributed by atoms with van der Waals surface area (Å²) in [5.74, 6) is -1.07. The van der Waals surface area contributed by atoms with Crippen LogP contribution >= 0.6 is 0 Å². The summed E-state index contributed by atoms with van der Waals surface area (Å²) in [5.41, 5.74) is 0.198. The van der Waals surface area contributed by atoms with E-state index in [0.29, 0.717) is 0 Å². The Bertz CT molecular complexity index is 1690. The lowest BCUT2D eigenvalue weighted by Gasteiger charge is -2.45. The fourth-order valence-corrected chi connectivity index (χ4v) is 6.20. The number of hydrogen-bond donors (Lipinski definition) is 13. The standard InChI is InChI=1S/C33H40O20/c34-8-18-21(39)24(42)27(45)31(50-18)47-13-5-15(38)14-7-17(29(48-16(14)6-13)11-1-3-12(37)4-2-11)49-33-30(26(44)23(41)20(10-36)52-33)53-32-28(46)25(43)22(40)19(9-35)51-32/h1-7,18-28,30-36,39-46H,8-10H2,(H-,37,38)/p+1/t18?,19?,20?,21-,22-,23-,24+,25?,26?,27?,28-,30?,31-,32+,33-/m1/s1. The fourth-order valence-electron chi connectivity index (χ4n) is 6.20. The summed E-state index contributed by atoms with van der Waals surface area (Å²) in [7, 11) is 0. The van der Waals surface area contributed by atoms with Crippen LogP contribution in [0.1, 0.15) is 0 Å². The zero-order valence-corrected chi connectivity index (χ0v) is 27.5. The minimum absolute atomic E-state index is 0.0230. The number of aliphatic hydroxyl groups excluding tert-OH is 11. The molecule has 1 aromatic heterocycles. The lowest BCUT2D eigenvalue weighted by molar-refractivity contribution is -0.357. The average molecular weight is 758 g/mol. The van der Waals surface area contributed by atoms with Crippen LogP contribution in [-0.4, -0.2) is 178 Å². The van der Waals surface area contributed by atoms with Crippen molar-refractivity contribution in [1.82, 2.24) is 0 Å². The van der Waals surface area contributed by atoms with Crippen LogP contribution in [-0.2, 0) is 18.9 Å². The summed E-state index contributed by atoms with van der Waals surface area (Å²) in [5, 5.41) is 134. The molecule has 3 fully saturated rings. The minimum Gasteiger partial charge on any atom is -0.508 e. The molecule has 7 unspecified atom stereocenters. The molecule has 0 bridgehead atoms. The van der Waals surface area contributed by atoms with Gasteiger partial charge in [-0.15, -0.1) is 0 Å². The molecule has 3 aliphatic rings. The molecule has 4 heterocycles. The molecule has 13 N–H and O–H groups in total. The molecule has 0 amide bonds. The SMILES string of the molecule is OCC1O[C@@H](Oc2cc3c(O)cc(O[C@@H]4OC(CO)[C@@H](O)[C@H](O)C4O)cc3[o+]c2-c2ccc(O)cc2)C(O[C@@H]2OC(CO)[C@@H](O)C(O)[C@H]2O)C(O)[C@@H]1O. The van der Waals surface area contributed by atoms with Gasteiger partial charge in [0, 0.05) is 12.1 Å². The zero-order chi connectivity index (χ0) is 38.3. The molecule has 3 aromatic rings. The summed E-state index contributed by atoms with van der Waals surface area (Å²) >= 11 is 0. The van der Waals surface area contributed by atoms with Crippen molar-refractivity contribution in [1.29, 1.82) is 0 Å². The van der Waals surface area contributed by atoms with Crippen molar-refractivity contribution in [3.63, 3.8) is 0 Å². The minimum atomic E-state index is -1.92. The van der Waals surface area contributed by atoms with Gasteiger partial charge < -0.3 is 94.8 Å². The highest BCUT2D eigenvalue weighted by Crippen LogP contribution is 2.42. The van der Waals surface area contributed by atoms with Gasteiger partial charge in [-0.2, -0.15) is 0 Å². The van der Waals surface area contributed by atoms with Crippen molar-refractivity contribution in [2.75, 3.05) is 19.8 Å². The molecule has 0 aliphatic carbocycles. The maximum absolute atomic E-state index is 11.1. The highest BCUT2D eigenvalue weighted by atomic mass is 16.8. The second kappa shape index (κ2) is 16.0. The molecule has 2 aromatic carbocycles. The van der Waals surface area contributed by atoms with E-state index < -0.39 is 118 Å². The summed E-state index contributed by atoms with van der Waals surface area (Å²) in [6.45, 7) is -2.32. The third-order valence-electron chi connectivity index (χ3n) is 9.24. The monoisotopic (exact) mass is 757 g/mol. The van der Waals surface area contributed by atoms with Crippen LogP contribution in [0.5, 0.6) is 23.0 Å². The van der Waals surface area contributed by atoms with Crippen molar-refractivity contribution >= 4 is 11.0 Å². The number of fused-ring (bicyclic) bond motifs is 1. The third kappa shape index (κ3) is 7.71. The first-order chi connectivity index (χ1) is 25.3. The number of aliphatic hydroxyl groups is 11. The Hall–Kier alpha value is -3.55. The lowest BCUT2D eigenvalue weighted by Crippen LogP contribution is -2.65.